The molecule has 2 heterocycles. The highest BCUT2D eigenvalue weighted by molar-refractivity contribution is 7.14. The maximum absolute atomic E-state index is 10.9. The van der Waals surface area contributed by atoms with Gasteiger partial charge in [-0.05, 0) is 13.8 Å². The number of rotatable bonds is 4. The minimum atomic E-state index is -1.04. The van der Waals surface area contributed by atoms with Crippen LogP contribution in [0.4, 0.5) is 10.7 Å². The largest absolute Gasteiger partial charge is 0.476 e. The lowest BCUT2D eigenvalue weighted by Crippen LogP contribution is -2.01. The van der Waals surface area contributed by atoms with Gasteiger partial charge < -0.3 is 10.4 Å². The highest BCUT2D eigenvalue weighted by Gasteiger charge is 2.14. The molecule has 0 aromatic carbocycles. The summed E-state index contributed by atoms with van der Waals surface area (Å²) in [5, 5.41) is 16.6. The quantitative estimate of drug-likeness (QED) is 0.873. The maximum Gasteiger partial charge on any atom is 0.357 e. The lowest BCUT2D eigenvalue weighted by molar-refractivity contribution is 0.0692. The molecule has 0 bridgehead atoms. The smallest absolute Gasteiger partial charge is 0.357 e. The number of thiazole rings is 1. The van der Waals surface area contributed by atoms with Gasteiger partial charge in [-0.15, -0.1) is 11.3 Å². The first-order chi connectivity index (χ1) is 8.08. The summed E-state index contributed by atoms with van der Waals surface area (Å²) in [6.45, 7) is 4.04. The van der Waals surface area contributed by atoms with Crippen LogP contribution in [0.25, 0.3) is 0 Å². The van der Waals surface area contributed by atoms with E-state index >= 15 is 0 Å². The average molecular weight is 252 g/mol. The summed E-state index contributed by atoms with van der Waals surface area (Å²) in [5.74, 6) is -1.04. The van der Waals surface area contributed by atoms with Gasteiger partial charge in [0.1, 0.15) is 5.00 Å². The summed E-state index contributed by atoms with van der Waals surface area (Å²) < 4.78 is 1.80. The lowest BCUT2D eigenvalue weighted by atomic mass is 10.4. The number of anilines is 2. The molecule has 2 aromatic rings. The van der Waals surface area contributed by atoms with E-state index in [2.05, 4.69) is 15.4 Å². The molecule has 0 atom stereocenters. The van der Waals surface area contributed by atoms with Crippen molar-refractivity contribution in [2.45, 2.75) is 19.9 Å². The molecule has 2 aromatic heterocycles. The Morgan fingerprint density at radius 3 is 2.94 bits per heavy atom. The number of aromatic carboxylic acids is 1. The topological polar surface area (TPSA) is 80.0 Å². The molecule has 0 radical (unpaired) electrons. The maximum atomic E-state index is 10.9. The number of hydrogen-bond donors (Lipinski definition) is 2. The van der Waals surface area contributed by atoms with E-state index < -0.39 is 5.97 Å². The van der Waals surface area contributed by atoms with E-state index in [-0.39, 0.29) is 11.7 Å². The molecule has 0 spiro atoms. The van der Waals surface area contributed by atoms with Crippen LogP contribution >= 0.6 is 11.3 Å². The highest BCUT2D eigenvalue weighted by Crippen LogP contribution is 2.24. The monoisotopic (exact) mass is 252 g/mol. The number of carboxylic acid groups (broad SMARTS) is 1. The van der Waals surface area contributed by atoms with Gasteiger partial charge in [0.2, 0.25) is 0 Å². The summed E-state index contributed by atoms with van der Waals surface area (Å²) in [6.07, 6.45) is 3.49. The van der Waals surface area contributed by atoms with E-state index in [1.54, 1.807) is 10.9 Å². The molecule has 2 rings (SSSR count). The van der Waals surface area contributed by atoms with Crippen LogP contribution in [-0.4, -0.2) is 25.8 Å². The predicted octanol–water partition coefficient (Wildman–Crippen LogP) is 2.36. The molecule has 2 N–H and O–H groups in total. The SMILES string of the molecule is CC(C)n1cc(Nc2scnc2C(=O)O)cn1. The standard InChI is InChI=1S/C10H12N4O2S/c1-6(2)14-4-7(3-12-14)13-9-8(10(15)16)11-5-17-9/h3-6,13H,1-2H3,(H,15,16). The van der Waals surface area contributed by atoms with Gasteiger partial charge in [-0.2, -0.15) is 5.10 Å². The zero-order chi connectivity index (χ0) is 12.4. The third-order valence-corrected chi connectivity index (χ3v) is 2.90. The summed E-state index contributed by atoms with van der Waals surface area (Å²) in [4.78, 5) is 14.7. The molecule has 0 aliphatic carbocycles. The van der Waals surface area contributed by atoms with Crippen molar-refractivity contribution in [1.29, 1.82) is 0 Å². The molecule has 17 heavy (non-hydrogen) atoms. The highest BCUT2D eigenvalue weighted by atomic mass is 32.1. The normalized spacial score (nSPS) is 10.8. The fourth-order valence-corrected chi connectivity index (χ4v) is 2.00. The van der Waals surface area contributed by atoms with Crippen molar-refractivity contribution in [3.8, 4) is 0 Å². The zero-order valence-electron chi connectivity index (χ0n) is 9.41. The number of hydrogen-bond acceptors (Lipinski definition) is 5. The van der Waals surface area contributed by atoms with Crippen molar-refractivity contribution in [2.75, 3.05) is 5.32 Å². The van der Waals surface area contributed by atoms with E-state index in [0.29, 0.717) is 5.00 Å². The fraction of sp³-hybridized carbons (Fsp3) is 0.300. The van der Waals surface area contributed by atoms with E-state index in [1.807, 2.05) is 20.0 Å². The molecule has 0 aliphatic rings. The molecule has 90 valence electrons. The minimum Gasteiger partial charge on any atom is -0.476 e. The Bertz CT molecular complexity index is 532. The fourth-order valence-electron chi connectivity index (χ4n) is 1.30. The first-order valence-corrected chi connectivity index (χ1v) is 5.94. The van der Waals surface area contributed by atoms with Crippen LogP contribution in [-0.2, 0) is 0 Å². The number of nitrogens with zero attached hydrogens (tertiary/aromatic N) is 3. The third kappa shape index (κ3) is 2.44. The third-order valence-electron chi connectivity index (χ3n) is 2.16. The van der Waals surface area contributed by atoms with Gasteiger partial charge >= 0.3 is 5.97 Å². The van der Waals surface area contributed by atoms with Crippen molar-refractivity contribution in [3.05, 3.63) is 23.6 Å². The van der Waals surface area contributed by atoms with Crippen LogP contribution in [0.5, 0.6) is 0 Å². The lowest BCUT2D eigenvalue weighted by Gasteiger charge is -2.03. The molecule has 0 saturated heterocycles. The first-order valence-electron chi connectivity index (χ1n) is 5.06. The van der Waals surface area contributed by atoms with Crippen LogP contribution in [0.1, 0.15) is 30.4 Å². The van der Waals surface area contributed by atoms with Crippen molar-refractivity contribution in [2.24, 2.45) is 0 Å². The van der Waals surface area contributed by atoms with Crippen LogP contribution < -0.4 is 5.32 Å². The van der Waals surface area contributed by atoms with Crippen molar-refractivity contribution in [1.82, 2.24) is 14.8 Å². The van der Waals surface area contributed by atoms with Crippen molar-refractivity contribution < 1.29 is 9.90 Å². The number of carbonyl (C=O) groups is 1. The molecule has 0 amide bonds. The Morgan fingerprint density at radius 1 is 1.59 bits per heavy atom. The Morgan fingerprint density at radius 2 is 2.35 bits per heavy atom. The van der Waals surface area contributed by atoms with Crippen LogP contribution in [0, 0.1) is 0 Å². The van der Waals surface area contributed by atoms with Gasteiger partial charge in [0.05, 0.1) is 17.4 Å². The Balaban J connectivity index is 2.19. The van der Waals surface area contributed by atoms with E-state index in [1.165, 1.54) is 16.8 Å². The molecule has 0 fully saturated rings. The Labute approximate surface area is 102 Å². The van der Waals surface area contributed by atoms with Crippen LogP contribution in [0.2, 0.25) is 0 Å². The second kappa shape index (κ2) is 4.54. The Hall–Kier alpha value is -1.89. The first kappa shape index (κ1) is 11.6. The summed E-state index contributed by atoms with van der Waals surface area (Å²) in [5.41, 5.74) is 2.29. The van der Waals surface area contributed by atoms with E-state index in [9.17, 15) is 4.79 Å². The predicted molar refractivity (Wildman–Crippen MR) is 65.0 cm³/mol. The van der Waals surface area contributed by atoms with Gasteiger partial charge in [0.15, 0.2) is 5.69 Å². The van der Waals surface area contributed by atoms with Gasteiger partial charge in [0, 0.05) is 12.2 Å². The molecule has 7 heteroatoms. The minimum absolute atomic E-state index is 0.0345. The van der Waals surface area contributed by atoms with Gasteiger partial charge in [-0.25, -0.2) is 9.78 Å². The zero-order valence-corrected chi connectivity index (χ0v) is 10.2. The second-order valence-electron chi connectivity index (χ2n) is 3.76. The average Bonchev–Trinajstić information content (AvgIpc) is 2.86. The molecule has 0 unspecified atom stereocenters. The molecular weight excluding hydrogens is 240 g/mol. The summed E-state index contributed by atoms with van der Waals surface area (Å²) in [6, 6.07) is 0.269. The second-order valence-corrected chi connectivity index (χ2v) is 4.62. The number of aromatic nitrogens is 3. The Kier molecular flexibility index (Phi) is 3.10. The van der Waals surface area contributed by atoms with Crippen LogP contribution in [0.3, 0.4) is 0 Å². The number of nitrogens with one attached hydrogen (secondary N) is 1. The molecule has 6 nitrogen and oxygen atoms in total. The van der Waals surface area contributed by atoms with Gasteiger partial charge in [-0.3, -0.25) is 4.68 Å². The summed E-state index contributed by atoms with van der Waals surface area (Å²) in [7, 11) is 0. The van der Waals surface area contributed by atoms with Gasteiger partial charge in [-0.1, -0.05) is 0 Å². The van der Waals surface area contributed by atoms with E-state index in [0.717, 1.165) is 5.69 Å². The molecular formula is C10H12N4O2S. The summed E-state index contributed by atoms with van der Waals surface area (Å²) >= 11 is 1.25. The van der Waals surface area contributed by atoms with E-state index in [4.69, 9.17) is 5.11 Å². The number of carboxylic acids is 1. The van der Waals surface area contributed by atoms with Crippen molar-refractivity contribution >= 4 is 28.0 Å². The van der Waals surface area contributed by atoms with Crippen LogP contribution in [0.15, 0.2) is 17.9 Å². The van der Waals surface area contributed by atoms with Gasteiger partial charge in [0.25, 0.3) is 0 Å². The van der Waals surface area contributed by atoms with Crippen molar-refractivity contribution in [3.63, 3.8) is 0 Å². The molecule has 0 aliphatic heterocycles. The molecule has 0 saturated carbocycles.